The summed E-state index contributed by atoms with van der Waals surface area (Å²) in [6.07, 6.45) is 0. The Hall–Kier alpha value is -2.32. The van der Waals surface area contributed by atoms with Crippen molar-refractivity contribution >= 4 is 23.8 Å². The minimum absolute atomic E-state index is 0.0526. The highest BCUT2D eigenvalue weighted by atomic mass is 16.4. The number of nitrogens with one attached hydrogen (secondary N) is 2. The van der Waals surface area contributed by atoms with Crippen LogP contribution in [-0.2, 0) is 19.2 Å². The largest absolute Gasteiger partial charge is 0.480 e. The number of hydrogen-bond acceptors (Lipinski definition) is 9. The highest BCUT2D eigenvalue weighted by molar-refractivity contribution is 5.78. The third-order valence-corrected chi connectivity index (χ3v) is 5.48. The first-order chi connectivity index (χ1) is 16.3. The number of aliphatic carboxylic acids is 3. The van der Waals surface area contributed by atoms with E-state index in [1.807, 2.05) is 25.7 Å². The highest BCUT2D eigenvalue weighted by Crippen LogP contribution is 2.02. The van der Waals surface area contributed by atoms with Gasteiger partial charge in [0.25, 0.3) is 0 Å². The third kappa shape index (κ3) is 16.1. The molecule has 1 aliphatic rings. The fourth-order valence-corrected chi connectivity index (χ4v) is 3.68. The zero-order valence-electron chi connectivity index (χ0n) is 21.2. The maximum atomic E-state index is 12.5. The van der Waals surface area contributed by atoms with Gasteiger partial charge in [0, 0.05) is 71.0 Å². The van der Waals surface area contributed by atoms with E-state index in [9.17, 15) is 34.5 Å². The van der Waals surface area contributed by atoms with Gasteiger partial charge in [0.1, 0.15) is 0 Å². The quantitative estimate of drug-likeness (QED) is 0.197. The molecule has 0 aliphatic carbocycles. The third-order valence-electron chi connectivity index (χ3n) is 5.48. The maximum Gasteiger partial charge on any atom is 0.317 e. The maximum absolute atomic E-state index is 12.5. The summed E-state index contributed by atoms with van der Waals surface area (Å²) in [5.41, 5.74) is -0.0526. The molecule has 5 N–H and O–H groups in total. The van der Waals surface area contributed by atoms with E-state index in [0.717, 1.165) is 0 Å². The normalized spacial score (nSPS) is 18.4. The number of carboxylic acid groups (broad SMARTS) is 3. The van der Waals surface area contributed by atoms with E-state index >= 15 is 0 Å². The molecule has 0 unspecified atom stereocenters. The highest BCUT2D eigenvalue weighted by Gasteiger charge is 2.21. The van der Waals surface area contributed by atoms with E-state index in [1.165, 1.54) is 0 Å². The Labute approximate surface area is 207 Å². The Morgan fingerprint density at radius 1 is 0.600 bits per heavy atom. The first-order valence-corrected chi connectivity index (χ1v) is 11.9. The van der Waals surface area contributed by atoms with Gasteiger partial charge in [-0.1, -0.05) is 0 Å². The number of carbonyl (C=O) groups excluding carboxylic acids is 1. The van der Waals surface area contributed by atoms with Crippen LogP contribution in [0.5, 0.6) is 0 Å². The standard InChI is InChI=1S/C22H42N6O7/c1-22(2,3)24-5-4-23-18(29)14-25-6-8-26(15-19(30)31)10-12-28(17-21(34)35)13-11-27(9-7-25)16-20(32)33/h24H,4-17H2,1-3H3,(H,23,29)(H,30,31)(H,32,33)(H,34,35). The molecule has 13 nitrogen and oxygen atoms in total. The van der Waals surface area contributed by atoms with Crippen LogP contribution in [0.4, 0.5) is 0 Å². The molecule has 0 bridgehead atoms. The predicted molar refractivity (Wildman–Crippen MR) is 129 cm³/mol. The minimum atomic E-state index is -0.999. The van der Waals surface area contributed by atoms with Crippen molar-refractivity contribution in [1.29, 1.82) is 0 Å². The Bertz CT molecular complexity index is 668. The molecule has 35 heavy (non-hydrogen) atoms. The van der Waals surface area contributed by atoms with Gasteiger partial charge in [0.15, 0.2) is 0 Å². The van der Waals surface area contributed by atoms with Gasteiger partial charge in [-0.05, 0) is 20.8 Å². The Kier molecular flexibility index (Phi) is 13.7. The minimum Gasteiger partial charge on any atom is -0.480 e. The van der Waals surface area contributed by atoms with E-state index in [2.05, 4.69) is 10.6 Å². The molecule has 0 radical (unpaired) electrons. The average molecular weight is 503 g/mol. The lowest BCUT2D eigenvalue weighted by molar-refractivity contribution is -0.140. The summed E-state index contributed by atoms with van der Waals surface area (Å²) in [5.74, 6) is -3.12. The molecule has 0 aromatic carbocycles. The van der Waals surface area contributed by atoms with Crippen molar-refractivity contribution in [1.82, 2.24) is 30.2 Å². The number of carbonyl (C=O) groups is 4. The van der Waals surface area contributed by atoms with Crippen LogP contribution in [-0.4, -0.2) is 156 Å². The van der Waals surface area contributed by atoms with Gasteiger partial charge in [-0.15, -0.1) is 0 Å². The second-order valence-corrected chi connectivity index (χ2v) is 9.81. The summed E-state index contributed by atoms with van der Waals surface area (Å²) in [6.45, 7) is 9.69. The van der Waals surface area contributed by atoms with Crippen LogP contribution in [0.2, 0.25) is 0 Å². The number of hydrogen-bond donors (Lipinski definition) is 5. The van der Waals surface area contributed by atoms with Crippen molar-refractivity contribution in [2.24, 2.45) is 0 Å². The molecule has 0 aromatic rings. The topological polar surface area (TPSA) is 166 Å². The van der Waals surface area contributed by atoms with Crippen molar-refractivity contribution in [3.8, 4) is 0 Å². The van der Waals surface area contributed by atoms with Gasteiger partial charge in [0.2, 0.25) is 5.91 Å². The fraction of sp³-hybridized carbons (Fsp3) is 0.818. The van der Waals surface area contributed by atoms with Crippen molar-refractivity contribution in [2.75, 3.05) is 91.6 Å². The molecule has 0 spiro atoms. The van der Waals surface area contributed by atoms with E-state index in [1.54, 1.807) is 14.7 Å². The molecule has 1 rings (SSSR count). The summed E-state index contributed by atoms with van der Waals surface area (Å²) in [7, 11) is 0. The number of carboxylic acids is 3. The molecule has 13 heteroatoms. The summed E-state index contributed by atoms with van der Waals surface area (Å²) < 4.78 is 0. The van der Waals surface area contributed by atoms with E-state index < -0.39 is 17.9 Å². The predicted octanol–water partition coefficient (Wildman–Crippen LogP) is -2.03. The van der Waals surface area contributed by atoms with Crippen molar-refractivity contribution < 1.29 is 34.5 Å². The second kappa shape index (κ2) is 15.6. The molecule has 1 amide bonds. The molecular formula is C22H42N6O7. The second-order valence-electron chi connectivity index (χ2n) is 9.81. The van der Waals surface area contributed by atoms with E-state index in [-0.39, 0.29) is 37.6 Å². The number of amides is 1. The van der Waals surface area contributed by atoms with Crippen LogP contribution in [0.3, 0.4) is 0 Å². The molecule has 0 saturated carbocycles. The first kappa shape index (κ1) is 30.7. The molecule has 1 saturated heterocycles. The number of rotatable bonds is 11. The summed E-state index contributed by atoms with van der Waals surface area (Å²) in [6, 6.07) is 0. The smallest absolute Gasteiger partial charge is 0.317 e. The molecule has 1 fully saturated rings. The first-order valence-electron chi connectivity index (χ1n) is 11.9. The van der Waals surface area contributed by atoms with Gasteiger partial charge in [-0.25, -0.2) is 0 Å². The van der Waals surface area contributed by atoms with Crippen LogP contribution in [0.15, 0.2) is 0 Å². The van der Waals surface area contributed by atoms with Gasteiger partial charge < -0.3 is 26.0 Å². The van der Waals surface area contributed by atoms with Crippen LogP contribution < -0.4 is 10.6 Å². The molecule has 1 aliphatic heterocycles. The Morgan fingerprint density at radius 2 is 0.914 bits per heavy atom. The molecule has 0 aromatic heterocycles. The lowest BCUT2D eigenvalue weighted by Gasteiger charge is -2.32. The van der Waals surface area contributed by atoms with Gasteiger partial charge in [0.05, 0.1) is 26.2 Å². The average Bonchev–Trinajstić information content (AvgIpc) is 2.71. The van der Waals surface area contributed by atoms with E-state index in [4.69, 9.17) is 0 Å². The SMILES string of the molecule is CC(C)(C)NCCNC(=O)CN1CCN(CC(=O)O)CCN(CC(=O)O)CCN(CC(=O)O)CC1. The van der Waals surface area contributed by atoms with Crippen LogP contribution in [0.25, 0.3) is 0 Å². The lowest BCUT2D eigenvalue weighted by atomic mass is 10.1. The van der Waals surface area contributed by atoms with Gasteiger partial charge in [-0.3, -0.25) is 38.8 Å². The fourth-order valence-electron chi connectivity index (χ4n) is 3.68. The molecular weight excluding hydrogens is 460 g/mol. The monoisotopic (exact) mass is 502 g/mol. The Balaban J connectivity index is 2.84. The van der Waals surface area contributed by atoms with Crippen LogP contribution >= 0.6 is 0 Å². The molecule has 1 heterocycles. The zero-order valence-corrected chi connectivity index (χ0v) is 21.2. The van der Waals surface area contributed by atoms with Crippen molar-refractivity contribution in [3.63, 3.8) is 0 Å². The van der Waals surface area contributed by atoms with Gasteiger partial charge in [-0.2, -0.15) is 0 Å². The van der Waals surface area contributed by atoms with E-state index in [0.29, 0.717) is 65.4 Å². The zero-order chi connectivity index (χ0) is 26.4. The number of nitrogens with zero attached hydrogens (tertiary/aromatic N) is 4. The van der Waals surface area contributed by atoms with Gasteiger partial charge >= 0.3 is 17.9 Å². The van der Waals surface area contributed by atoms with Crippen LogP contribution in [0, 0.1) is 0 Å². The summed E-state index contributed by atoms with van der Waals surface area (Å²) in [4.78, 5) is 53.5. The van der Waals surface area contributed by atoms with Crippen molar-refractivity contribution in [3.05, 3.63) is 0 Å². The summed E-state index contributed by atoms with van der Waals surface area (Å²) in [5, 5.41) is 33.9. The summed E-state index contributed by atoms with van der Waals surface area (Å²) >= 11 is 0. The molecule has 0 atom stereocenters. The van der Waals surface area contributed by atoms with Crippen molar-refractivity contribution in [2.45, 2.75) is 26.3 Å². The molecule has 202 valence electrons. The lowest BCUT2D eigenvalue weighted by Crippen LogP contribution is -2.50. The Morgan fingerprint density at radius 3 is 1.20 bits per heavy atom. The van der Waals surface area contributed by atoms with Crippen LogP contribution in [0.1, 0.15) is 20.8 Å².